The van der Waals surface area contributed by atoms with Crippen molar-refractivity contribution in [2.75, 3.05) is 6.54 Å². The number of hydrogen-bond donors (Lipinski definition) is 2. The van der Waals surface area contributed by atoms with Crippen LogP contribution in [0.3, 0.4) is 0 Å². The average Bonchev–Trinajstić information content (AvgIpc) is 2.37. The van der Waals surface area contributed by atoms with Gasteiger partial charge in [0.2, 0.25) is 5.91 Å². The Kier molecular flexibility index (Phi) is 8.03. The van der Waals surface area contributed by atoms with Crippen LogP contribution in [0.5, 0.6) is 0 Å². The van der Waals surface area contributed by atoms with Crippen LogP contribution in [-0.4, -0.2) is 24.3 Å². The Morgan fingerprint density at radius 2 is 2.00 bits per heavy atom. The lowest BCUT2D eigenvalue weighted by atomic mass is 9.96. The van der Waals surface area contributed by atoms with E-state index in [9.17, 15) is 14.0 Å². The van der Waals surface area contributed by atoms with Crippen LogP contribution < -0.4 is 11.1 Å². The maximum absolute atomic E-state index is 13.0. The highest BCUT2D eigenvalue weighted by molar-refractivity contribution is 5.99. The predicted molar refractivity (Wildman–Crippen MR) is 78.4 cm³/mol. The molecule has 4 nitrogen and oxygen atoms in total. The molecule has 0 aromatic heterocycles. The Labute approximate surface area is 124 Å². The van der Waals surface area contributed by atoms with Gasteiger partial charge in [-0.05, 0) is 19.1 Å². The number of carbonyl (C=O) groups is 2. The van der Waals surface area contributed by atoms with E-state index in [0.29, 0.717) is 6.54 Å². The molecule has 20 heavy (non-hydrogen) atoms. The molecule has 1 rings (SSSR count). The minimum atomic E-state index is -0.494. The molecule has 0 spiro atoms. The molecule has 1 aromatic rings. The Morgan fingerprint density at radius 3 is 2.55 bits per heavy atom. The summed E-state index contributed by atoms with van der Waals surface area (Å²) < 4.78 is 13.0. The van der Waals surface area contributed by atoms with Crippen molar-refractivity contribution in [1.82, 2.24) is 5.32 Å². The summed E-state index contributed by atoms with van der Waals surface area (Å²) >= 11 is 0. The highest BCUT2D eigenvalue weighted by Gasteiger charge is 2.19. The van der Waals surface area contributed by atoms with Gasteiger partial charge in [-0.2, -0.15) is 0 Å². The first-order chi connectivity index (χ1) is 8.93. The van der Waals surface area contributed by atoms with E-state index in [2.05, 4.69) is 5.32 Å². The van der Waals surface area contributed by atoms with E-state index in [-0.39, 0.29) is 42.1 Å². The number of amides is 1. The third-order valence-electron chi connectivity index (χ3n) is 2.81. The van der Waals surface area contributed by atoms with Gasteiger partial charge in [-0.25, -0.2) is 4.39 Å². The fourth-order valence-corrected chi connectivity index (χ4v) is 1.69. The Balaban J connectivity index is 0.00000361. The lowest BCUT2D eigenvalue weighted by Crippen LogP contribution is -2.38. The second-order valence-corrected chi connectivity index (χ2v) is 4.68. The summed E-state index contributed by atoms with van der Waals surface area (Å²) in [6, 6.07) is 5.36. The van der Waals surface area contributed by atoms with Gasteiger partial charge in [0.1, 0.15) is 5.82 Å². The van der Waals surface area contributed by atoms with Crippen molar-refractivity contribution in [2.45, 2.75) is 26.3 Å². The van der Waals surface area contributed by atoms with Gasteiger partial charge in [-0.3, -0.25) is 9.59 Å². The van der Waals surface area contributed by atoms with Gasteiger partial charge in [0, 0.05) is 30.5 Å². The molecule has 0 aliphatic heterocycles. The standard InChI is InChI=1S/C14H19FN2O2.ClH/c1-9(6-13(18)17-10(2)8-16)14(19)11-4-3-5-12(15)7-11;/h3-5,7,9-10H,6,8,16H2,1-2H3,(H,17,18);1H/t9?,10-;/m0./s1. The van der Waals surface area contributed by atoms with Gasteiger partial charge in [-0.15, -0.1) is 12.4 Å². The Morgan fingerprint density at radius 1 is 1.35 bits per heavy atom. The normalized spacial score (nSPS) is 13.0. The molecular weight excluding hydrogens is 283 g/mol. The molecule has 3 N–H and O–H groups in total. The zero-order valence-electron chi connectivity index (χ0n) is 11.6. The summed E-state index contributed by atoms with van der Waals surface area (Å²) in [6.07, 6.45) is 0.0691. The van der Waals surface area contributed by atoms with E-state index >= 15 is 0 Å². The monoisotopic (exact) mass is 302 g/mol. The molecule has 0 radical (unpaired) electrons. The Hall–Kier alpha value is -1.46. The number of halogens is 2. The lowest BCUT2D eigenvalue weighted by molar-refractivity contribution is -0.122. The average molecular weight is 303 g/mol. The quantitative estimate of drug-likeness (QED) is 0.789. The summed E-state index contributed by atoms with van der Waals surface area (Å²) in [5.74, 6) is -1.42. The van der Waals surface area contributed by atoms with E-state index < -0.39 is 11.7 Å². The van der Waals surface area contributed by atoms with Crippen LogP contribution >= 0.6 is 12.4 Å². The number of ketones is 1. The molecule has 0 bridgehead atoms. The number of benzene rings is 1. The van der Waals surface area contributed by atoms with Crippen molar-refractivity contribution >= 4 is 24.1 Å². The molecule has 0 saturated heterocycles. The molecule has 0 fully saturated rings. The number of nitrogens with one attached hydrogen (secondary N) is 1. The van der Waals surface area contributed by atoms with Gasteiger partial charge in [0.15, 0.2) is 5.78 Å². The van der Waals surface area contributed by atoms with Crippen LogP contribution in [0.4, 0.5) is 4.39 Å². The number of Topliss-reactive ketones (excluding diaryl/α,β-unsaturated/α-hetero) is 1. The van der Waals surface area contributed by atoms with Crippen molar-refractivity contribution in [3.8, 4) is 0 Å². The van der Waals surface area contributed by atoms with Gasteiger partial charge in [0.25, 0.3) is 0 Å². The number of rotatable bonds is 6. The first-order valence-corrected chi connectivity index (χ1v) is 6.23. The van der Waals surface area contributed by atoms with Gasteiger partial charge >= 0.3 is 0 Å². The summed E-state index contributed by atoms with van der Waals surface area (Å²) in [4.78, 5) is 23.6. The van der Waals surface area contributed by atoms with E-state index in [1.165, 1.54) is 18.2 Å². The topological polar surface area (TPSA) is 72.2 Å². The molecule has 112 valence electrons. The van der Waals surface area contributed by atoms with Crippen LogP contribution in [-0.2, 0) is 4.79 Å². The molecular formula is C14H20ClFN2O2. The molecule has 1 amide bonds. The molecule has 1 aromatic carbocycles. The van der Waals surface area contributed by atoms with E-state index in [4.69, 9.17) is 5.73 Å². The maximum Gasteiger partial charge on any atom is 0.220 e. The maximum atomic E-state index is 13.0. The van der Waals surface area contributed by atoms with Crippen LogP contribution in [0.2, 0.25) is 0 Å². The summed E-state index contributed by atoms with van der Waals surface area (Å²) in [5.41, 5.74) is 5.68. The van der Waals surface area contributed by atoms with Crippen LogP contribution in [0.1, 0.15) is 30.6 Å². The number of hydrogen-bond acceptors (Lipinski definition) is 3. The second-order valence-electron chi connectivity index (χ2n) is 4.68. The predicted octanol–water partition coefficient (Wildman–Crippen LogP) is 1.92. The molecule has 0 saturated carbocycles. The largest absolute Gasteiger partial charge is 0.352 e. The molecule has 0 aliphatic carbocycles. The molecule has 6 heteroatoms. The van der Waals surface area contributed by atoms with Crippen LogP contribution in [0, 0.1) is 11.7 Å². The highest BCUT2D eigenvalue weighted by atomic mass is 35.5. The van der Waals surface area contributed by atoms with Crippen molar-refractivity contribution in [2.24, 2.45) is 11.7 Å². The van der Waals surface area contributed by atoms with Crippen molar-refractivity contribution in [1.29, 1.82) is 0 Å². The second kappa shape index (κ2) is 8.66. The molecule has 0 heterocycles. The number of nitrogens with two attached hydrogens (primary N) is 1. The van der Waals surface area contributed by atoms with E-state index in [1.807, 2.05) is 0 Å². The van der Waals surface area contributed by atoms with Crippen molar-refractivity contribution in [3.63, 3.8) is 0 Å². The smallest absolute Gasteiger partial charge is 0.220 e. The zero-order chi connectivity index (χ0) is 14.4. The van der Waals surface area contributed by atoms with Crippen molar-refractivity contribution < 1.29 is 14.0 Å². The third-order valence-corrected chi connectivity index (χ3v) is 2.81. The fourth-order valence-electron chi connectivity index (χ4n) is 1.69. The van der Waals surface area contributed by atoms with Gasteiger partial charge in [-0.1, -0.05) is 19.1 Å². The fraction of sp³-hybridized carbons (Fsp3) is 0.429. The number of carbonyl (C=O) groups excluding carboxylic acids is 2. The summed E-state index contributed by atoms with van der Waals surface area (Å²) in [7, 11) is 0. The first kappa shape index (κ1) is 18.5. The minimum Gasteiger partial charge on any atom is -0.352 e. The SMILES string of the molecule is CC(CC(=O)N[C@@H](C)CN)C(=O)c1cccc(F)c1.Cl. The van der Waals surface area contributed by atoms with Crippen LogP contribution in [0.25, 0.3) is 0 Å². The highest BCUT2D eigenvalue weighted by Crippen LogP contribution is 2.13. The minimum absolute atomic E-state index is 0. The third kappa shape index (κ3) is 5.67. The van der Waals surface area contributed by atoms with Crippen LogP contribution in [0.15, 0.2) is 24.3 Å². The van der Waals surface area contributed by atoms with Crippen molar-refractivity contribution in [3.05, 3.63) is 35.6 Å². The van der Waals surface area contributed by atoms with E-state index in [1.54, 1.807) is 19.9 Å². The molecule has 1 unspecified atom stereocenters. The zero-order valence-corrected chi connectivity index (χ0v) is 12.4. The Bertz CT molecular complexity index is 468. The molecule has 0 aliphatic rings. The van der Waals surface area contributed by atoms with E-state index in [0.717, 1.165) is 0 Å². The molecule has 2 atom stereocenters. The summed E-state index contributed by atoms with van der Waals surface area (Å²) in [6.45, 7) is 3.79. The van der Waals surface area contributed by atoms with Gasteiger partial charge in [0.05, 0.1) is 0 Å². The summed E-state index contributed by atoms with van der Waals surface area (Å²) in [5, 5.41) is 2.69. The first-order valence-electron chi connectivity index (χ1n) is 6.23. The van der Waals surface area contributed by atoms with Gasteiger partial charge < -0.3 is 11.1 Å². The lowest BCUT2D eigenvalue weighted by Gasteiger charge is -2.14.